The van der Waals surface area contributed by atoms with Crippen molar-refractivity contribution in [3.8, 4) is 11.5 Å². The molecular formula is C22H24N4O2. The molecule has 6 nitrogen and oxygen atoms in total. The number of aryl methyl sites for hydroxylation is 2. The molecule has 2 aromatic carbocycles. The predicted molar refractivity (Wildman–Crippen MR) is 107 cm³/mol. The van der Waals surface area contributed by atoms with Crippen molar-refractivity contribution in [2.24, 2.45) is 0 Å². The third kappa shape index (κ3) is 4.12. The van der Waals surface area contributed by atoms with Gasteiger partial charge in [0, 0.05) is 37.3 Å². The summed E-state index contributed by atoms with van der Waals surface area (Å²) in [5, 5.41) is 4.11. The highest BCUT2D eigenvalue weighted by molar-refractivity contribution is 5.94. The summed E-state index contributed by atoms with van der Waals surface area (Å²) in [5.41, 5.74) is 4.03. The van der Waals surface area contributed by atoms with Gasteiger partial charge in [-0.05, 0) is 38.1 Å². The van der Waals surface area contributed by atoms with Crippen LogP contribution in [-0.2, 0) is 6.54 Å². The second-order valence-electron chi connectivity index (χ2n) is 7.32. The fourth-order valence-corrected chi connectivity index (χ4v) is 3.32. The van der Waals surface area contributed by atoms with Crippen molar-refractivity contribution in [1.29, 1.82) is 0 Å². The minimum atomic E-state index is 0.0980. The molecule has 144 valence electrons. The molecule has 1 aromatic heterocycles. The molecule has 0 N–H and O–H groups in total. The monoisotopic (exact) mass is 376 g/mol. The summed E-state index contributed by atoms with van der Waals surface area (Å²) >= 11 is 0. The van der Waals surface area contributed by atoms with Crippen molar-refractivity contribution in [2.75, 3.05) is 26.2 Å². The van der Waals surface area contributed by atoms with Crippen LogP contribution >= 0.6 is 0 Å². The van der Waals surface area contributed by atoms with Crippen LogP contribution in [0.4, 0.5) is 0 Å². The summed E-state index contributed by atoms with van der Waals surface area (Å²) in [4.78, 5) is 21.3. The minimum Gasteiger partial charge on any atom is -0.336 e. The third-order valence-corrected chi connectivity index (χ3v) is 5.09. The van der Waals surface area contributed by atoms with Gasteiger partial charge in [0.2, 0.25) is 0 Å². The lowest BCUT2D eigenvalue weighted by Crippen LogP contribution is -2.48. The average molecular weight is 376 g/mol. The molecule has 0 unspecified atom stereocenters. The van der Waals surface area contributed by atoms with Gasteiger partial charge in [0.15, 0.2) is 5.82 Å². The Kier molecular flexibility index (Phi) is 5.21. The van der Waals surface area contributed by atoms with Gasteiger partial charge in [-0.1, -0.05) is 40.5 Å². The number of piperazine rings is 1. The van der Waals surface area contributed by atoms with E-state index in [4.69, 9.17) is 4.52 Å². The predicted octanol–water partition coefficient (Wildman–Crippen LogP) is 3.31. The molecule has 0 atom stereocenters. The van der Waals surface area contributed by atoms with E-state index >= 15 is 0 Å². The van der Waals surface area contributed by atoms with Gasteiger partial charge in [0.1, 0.15) is 0 Å². The van der Waals surface area contributed by atoms with Gasteiger partial charge in [0.05, 0.1) is 6.54 Å². The summed E-state index contributed by atoms with van der Waals surface area (Å²) < 4.78 is 5.41. The maximum Gasteiger partial charge on any atom is 0.257 e. The van der Waals surface area contributed by atoms with E-state index in [2.05, 4.69) is 15.0 Å². The van der Waals surface area contributed by atoms with Crippen LogP contribution in [0.25, 0.3) is 11.5 Å². The Hall–Kier alpha value is -2.99. The number of hydrogen-bond donors (Lipinski definition) is 0. The quantitative estimate of drug-likeness (QED) is 0.699. The van der Waals surface area contributed by atoms with Gasteiger partial charge in [0.25, 0.3) is 11.8 Å². The smallest absolute Gasteiger partial charge is 0.257 e. The van der Waals surface area contributed by atoms with E-state index < -0.39 is 0 Å². The number of benzene rings is 2. The molecule has 0 radical (unpaired) electrons. The first-order chi connectivity index (χ1) is 13.6. The van der Waals surface area contributed by atoms with E-state index in [1.165, 1.54) is 5.56 Å². The Morgan fingerprint density at radius 3 is 2.18 bits per heavy atom. The highest BCUT2D eigenvalue weighted by Crippen LogP contribution is 2.18. The van der Waals surface area contributed by atoms with Crippen LogP contribution in [0.2, 0.25) is 0 Å². The van der Waals surface area contributed by atoms with Gasteiger partial charge in [-0.2, -0.15) is 4.98 Å². The molecule has 2 heterocycles. The first kappa shape index (κ1) is 18.4. The van der Waals surface area contributed by atoms with Crippen LogP contribution in [0.1, 0.15) is 27.3 Å². The Balaban J connectivity index is 1.33. The van der Waals surface area contributed by atoms with E-state index in [1.807, 2.05) is 67.3 Å². The molecule has 0 bridgehead atoms. The molecule has 0 aliphatic carbocycles. The maximum absolute atomic E-state index is 12.6. The Labute approximate surface area is 164 Å². The summed E-state index contributed by atoms with van der Waals surface area (Å²) in [6.45, 7) is 7.70. The molecule has 3 aromatic rings. The first-order valence-electron chi connectivity index (χ1n) is 9.56. The highest BCUT2D eigenvalue weighted by atomic mass is 16.5. The topological polar surface area (TPSA) is 62.5 Å². The fraction of sp³-hybridized carbons (Fsp3) is 0.318. The van der Waals surface area contributed by atoms with E-state index in [0.29, 0.717) is 31.3 Å². The largest absolute Gasteiger partial charge is 0.336 e. The zero-order valence-corrected chi connectivity index (χ0v) is 16.3. The van der Waals surface area contributed by atoms with E-state index in [-0.39, 0.29) is 5.91 Å². The van der Waals surface area contributed by atoms with E-state index in [1.54, 1.807) is 0 Å². The fourth-order valence-electron chi connectivity index (χ4n) is 3.32. The summed E-state index contributed by atoms with van der Waals surface area (Å²) in [6, 6.07) is 15.8. The van der Waals surface area contributed by atoms with Crippen molar-refractivity contribution < 1.29 is 9.32 Å². The molecule has 6 heteroatoms. The number of nitrogens with zero attached hydrogens (tertiary/aromatic N) is 4. The zero-order valence-electron chi connectivity index (χ0n) is 16.3. The van der Waals surface area contributed by atoms with Gasteiger partial charge >= 0.3 is 0 Å². The molecule has 0 spiro atoms. The molecule has 0 saturated carbocycles. The molecule has 1 saturated heterocycles. The van der Waals surface area contributed by atoms with Crippen LogP contribution < -0.4 is 0 Å². The molecular weight excluding hydrogens is 352 g/mol. The van der Waals surface area contributed by atoms with Crippen LogP contribution in [0.3, 0.4) is 0 Å². The highest BCUT2D eigenvalue weighted by Gasteiger charge is 2.23. The van der Waals surface area contributed by atoms with Crippen LogP contribution in [-0.4, -0.2) is 52.0 Å². The Morgan fingerprint density at radius 1 is 0.929 bits per heavy atom. The second kappa shape index (κ2) is 7.94. The van der Waals surface area contributed by atoms with Crippen molar-refractivity contribution in [3.05, 3.63) is 71.0 Å². The lowest BCUT2D eigenvalue weighted by atomic mass is 10.1. The first-order valence-corrected chi connectivity index (χ1v) is 9.56. The average Bonchev–Trinajstić information content (AvgIpc) is 3.18. The Morgan fingerprint density at radius 2 is 1.54 bits per heavy atom. The summed E-state index contributed by atoms with van der Waals surface area (Å²) in [5.74, 6) is 1.32. The van der Waals surface area contributed by atoms with Crippen molar-refractivity contribution in [3.63, 3.8) is 0 Å². The van der Waals surface area contributed by atoms with E-state index in [9.17, 15) is 4.79 Å². The number of rotatable bonds is 4. The second-order valence-corrected chi connectivity index (χ2v) is 7.32. The van der Waals surface area contributed by atoms with Crippen molar-refractivity contribution >= 4 is 5.91 Å². The molecule has 4 rings (SSSR count). The van der Waals surface area contributed by atoms with Gasteiger partial charge < -0.3 is 9.42 Å². The minimum absolute atomic E-state index is 0.0980. The number of hydrogen-bond acceptors (Lipinski definition) is 5. The SMILES string of the molecule is Cc1ccc(C(=O)N2CCN(Cc3noc(-c4ccc(C)cc4)n3)CC2)cc1. The van der Waals surface area contributed by atoms with Crippen molar-refractivity contribution in [2.45, 2.75) is 20.4 Å². The summed E-state index contributed by atoms with van der Waals surface area (Å²) in [6.07, 6.45) is 0. The van der Waals surface area contributed by atoms with Gasteiger partial charge in [-0.3, -0.25) is 9.69 Å². The van der Waals surface area contributed by atoms with Crippen molar-refractivity contribution in [1.82, 2.24) is 19.9 Å². The van der Waals surface area contributed by atoms with Crippen LogP contribution in [0.5, 0.6) is 0 Å². The maximum atomic E-state index is 12.6. The Bertz CT molecular complexity index is 939. The number of aromatic nitrogens is 2. The number of amides is 1. The summed E-state index contributed by atoms with van der Waals surface area (Å²) in [7, 11) is 0. The van der Waals surface area contributed by atoms with Crippen LogP contribution in [0.15, 0.2) is 53.1 Å². The molecule has 1 aliphatic heterocycles. The lowest BCUT2D eigenvalue weighted by molar-refractivity contribution is 0.0624. The normalized spacial score (nSPS) is 15.0. The standard InChI is InChI=1S/C22H24N4O2/c1-16-3-7-18(8-4-16)21-23-20(24-28-21)15-25-11-13-26(14-12-25)22(27)19-9-5-17(2)6-10-19/h3-10H,11-15H2,1-2H3. The zero-order chi connectivity index (χ0) is 19.5. The molecule has 28 heavy (non-hydrogen) atoms. The molecule has 1 fully saturated rings. The van der Waals surface area contributed by atoms with E-state index in [0.717, 1.165) is 29.8 Å². The number of carbonyl (C=O) groups is 1. The molecule has 1 aliphatic rings. The van der Waals surface area contributed by atoms with Gasteiger partial charge in [-0.15, -0.1) is 0 Å². The van der Waals surface area contributed by atoms with Gasteiger partial charge in [-0.25, -0.2) is 0 Å². The third-order valence-electron chi connectivity index (χ3n) is 5.09. The molecule has 1 amide bonds. The van der Waals surface area contributed by atoms with Crippen LogP contribution in [0, 0.1) is 13.8 Å². The number of carbonyl (C=O) groups excluding carboxylic acids is 1. The lowest BCUT2D eigenvalue weighted by Gasteiger charge is -2.34.